The van der Waals surface area contributed by atoms with Gasteiger partial charge in [-0.15, -0.1) is 0 Å². The normalized spacial score (nSPS) is 14.6. The monoisotopic (exact) mass is 242 g/mol. The summed E-state index contributed by atoms with van der Waals surface area (Å²) in [7, 11) is 0. The summed E-state index contributed by atoms with van der Waals surface area (Å²) in [5, 5.41) is 2.12. The molecule has 3 aromatic rings. The van der Waals surface area contributed by atoms with Crippen LogP contribution in [0.2, 0.25) is 5.02 Å². The maximum Gasteiger partial charge on any atom is 0.0710 e. The van der Waals surface area contributed by atoms with Gasteiger partial charge in [-0.3, -0.25) is 4.98 Å². The molecule has 0 atom stereocenters. The van der Waals surface area contributed by atoms with Gasteiger partial charge in [0.25, 0.3) is 0 Å². The predicted octanol–water partition coefficient (Wildman–Crippen LogP) is 3.63. The van der Waals surface area contributed by atoms with Crippen LogP contribution >= 0.6 is 11.6 Å². The topological polar surface area (TPSA) is 17.3 Å². The molecule has 0 saturated heterocycles. The molecular formula is C14H11ClN2. The summed E-state index contributed by atoms with van der Waals surface area (Å²) in [5.41, 5.74) is 5.16. The summed E-state index contributed by atoms with van der Waals surface area (Å²) >= 11 is 6.10. The quantitative estimate of drug-likeness (QED) is 0.589. The first kappa shape index (κ1) is 9.49. The van der Waals surface area contributed by atoms with Crippen molar-refractivity contribution in [3.05, 3.63) is 46.9 Å². The van der Waals surface area contributed by atoms with Crippen LogP contribution in [0.3, 0.4) is 0 Å². The fourth-order valence-electron chi connectivity index (χ4n) is 2.94. The molecule has 2 heterocycles. The standard InChI is InChI=1S/C14H11ClN2/c15-9-4-5-10-11-2-1-3-12-14(11)17(7-6-16-12)13(10)8-9/h4-8H,1-3H2. The summed E-state index contributed by atoms with van der Waals surface area (Å²) < 4.78 is 2.23. The van der Waals surface area contributed by atoms with Crippen LogP contribution in [0, 0.1) is 0 Å². The van der Waals surface area contributed by atoms with E-state index in [2.05, 4.69) is 15.5 Å². The molecule has 17 heavy (non-hydrogen) atoms. The zero-order valence-electron chi connectivity index (χ0n) is 9.28. The number of benzene rings is 1. The van der Waals surface area contributed by atoms with Crippen molar-refractivity contribution in [3.63, 3.8) is 0 Å². The maximum absolute atomic E-state index is 6.10. The average Bonchev–Trinajstić information content (AvgIpc) is 2.67. The van der Waals surface area contributed by atoms with Gasteiger partial charge in [0.2, 0.25) is 0 Å². The highest BCUT2D eigenvalue weighted by atomic mass is 35.5. The summed E-state index contributed by atoms with van der Waals surface area (Å²) in [4.78, 5) is 4.50. The molecule has 3 heteroatoms. The third-order valence-electron chi connectivity index (χ3n) is 3.63. The first-order valence-corrected chi connectivity index (χ1v) is 6.28. The van der Waals surface area contributed by atoms with Crippen LogP contribution in [0.15, 0.2) is 30.6 Å². The molecule has 2 aromatic heterocycles. The minimum absolute atomic E-state index is 0.793. The van der Waals surface area contributed by atoms with Gasteiger partial charge in [-0.25, -0.2) is 0 Å². The number of hydrogen-bond acceptors (Lipinski definition) is 1. The van der Waals surface area contributed by atoms with Crippen molar-refractivity contribution in [1.29, 1.82) is 0 Å². The first-order chi connectivity index (χ1) is 8.34. The minimum Gasteiger partial charge on any atom is -0.313 e. The van der Waals surface area contributed by atoms with Gasteiger partial charge in [0.1, 0.15) is 0 Å². The number of aromatic nitrogens is 2. The molecule has 0 aliphatic heterocycles. The Kier molecular flexibility index (Phi) is 1.80. The third kappa shape index (κ3) is 1.19. The minimum atomic E-state index is 0.793. The molecule has 1 aliphatic carbocycles. The first-order valence-electron chi connectivity index (χ1n) is 5.90. The van der Waals surface area contributed by atoms with Crippen molar-refractivity contribution in [2.75, 3.05) is 0 Å². The molecule has 2 nitrogen and oxygen atoms in total. The van der Waals surface area contributed by atoms with Gasteiger partial charge >= 0.3 is 0 Å². The summed E-state index contributed by atoms with van der Waals surface area (Å²) in [6.45, 7) is 0. The lowest BCUT2D eigenvalue weighted by molar-refractivity contribution is 0.780. The number of halogens is 1. The molecule has 84 valence electrons. The van der Waals surface area contributed by atoms with Gasteiger partial charge in [-0.2, -0.15) is 0 Å². The second-order valence-electron chi connectivity index (χ2n) is 4.59. The number of nitrogens with zero attached hydrogens (tertiary/aromatic N) is 2. The Morgan fingerprint density at radius 3 is 3.12 bits per heavy atom. The van der Waals surface area contributed by atoms with E-state index in [1.807, 2.05) is 24.5 Å². The van der Waals surface area contributed by atoms with Crippen molar-refractivity contribution in [3.8, 4) is 0 Å². The second-order valence-corrected chi connectivity index (χ2v) is 5.02. The Hall–Kier alpha value is -1.54. The SMILES string of the molecule is Clc1ccc2c3c4c(nccn4c2c1)CCC3. The number of fused-ring (bicyclic) bond motifs is 3. The molecule has 0 fully saturated rings. The molecule has 1 aromatic carbocycles. The lowest BCUT2D eigenvalue weighted by Gasteiger charge is -2.11. The van der Waals surface area contributed by atoms with E-state index in [-0.39, 0.29) is 0 Å². The van der Waals surface area contributed by atoms with Crippen molar-refractivity contribution < 1.29 is 0 Å². The highest BCUT2D eigenvalue weighted by Crippen LogP contribution is 2.34. The Morgan fingerprint density at radius 1 is 1.24 bits per heavy atom. The van der Waals surface area contributed by atoms with Crippen LogP contribution in [0.5, 0.6) is 0 Å². The summed E-state index contributed by atoms with van der Waals surface area (Å²) in [6.07, 6.45) is 7.35. The van der Waals surface area contributed by atoms with Gasteiger partial charge in [-0.1, -0.05) is 17.7 Å². The molecule has 0 amide bonds. The van der Waals surface area contributed by atoms with Crippen LogP contribution < -0.4 is 0 Å². The molecule has 0 saturated carbocycles. The largest absolute Gasteiger partial charge is 0.313 e. The van der Waals surface area contributed by atoms with E-state index in [4.69, 9.17) is 11.6 Å². The number of aryl methyl sites for hydroxylation is 2. The van der Waals surface area contributed by atoms with Crippen LogP contribution in [-0.4, -0.2) is 9.38 Å². The van der Waals surface area contributed by atoms with Gasteiger partial charge < -0.3 is 4.40 Å². The van der Waals surface area contributed by atoms with Crippen LogP contribution in [0.4, 0.5) is 0 Å². The third-order valence-corrected chi connectivity index (χ3v) is 3.87. The molecule has 0 unspecified atom stereocenters. The van der Waals surface area contributed by atoms with E-state index in [0.29, 0.717) is 0 Å². The van der Waals surface area contributed by atoms with Crippen LogP contribution in [0.1, 0.15) is 17.7 Å². The van der Waals surface area contributed by atoms with Crippen molar-refractivity contribution >= 4 is 28.0 Å². The van der Waals surface area contributed by atoms with Crippen molar-refractivity contribution in [2.24, 2.45) is 0 Å². The molecule has 0 bridgehead atoms. The molecule has 0 N–H and O–H groups in total. The zero-order chi connectivity index (χ0) is 11.4. The molecule has 1 aliphatic rings. The lowest BCUT2D eigenvalue weighted by atomic mass is 9.98. The number of rotatable bonds is 0. The fraction of sp³-hybridized carbons (Fsp3) is 0.214. The van der Waals surface area contributed by atoms with E-state index >= 15 is 0 Å². The van der Waals surface area contributed by atoms with Gasteiger partial charge in [0.05, 0.1) is 16.7 Å². The predicted molar refractivity (Wildman–Crippen MR) is 69.7 cm³/mol. The maximum atomic E-state index is 6.10. The van der Waals surface area contributed by atoms with E-state index in [0.717, 1.165) is 17.9 Å². The Bertz CT molecular complexity index is 743. The Balaban J connectivity index is 2.31. The lowest BCUT2D eigenvalue weighted by Crippen LogP contribution is -2.03. The van der Waals surface area contributed by atoms with Gasteiger partial charge in [0.15, 0.2) is 0 Å². The van der Waals surface area contributed by atoms with Gasteiger partial charge in [-0.05, 0) is 37.0 Å². The molecule has 0 radical (unpaired) electrons. The smallest absolute Gasteiger partial charge is 0.0710 e. The fourth-order valence-corrected chi connectivity index (χ4v) is 3.11. The highest BCUT2D eigenvalue weighted by Gasteiger charge is 2.19. The van der Waals surface area contributed by atoms with Gasteiger partial charge in [0, 0.05) is 22.8 Å². The number of hydrogen-bond donors (Lipinski definition) is 0. The molecule has 0 spiro atoms. The van der Waals surface area contributed by atoms with Crippen LogP contribution in [0.25, 0.3) is 16.4 Å². The van der Waals surface area contributed by atoms with E-state index in [1.54, 1.807) is 0 Å². The summed E-state index contributed by atoms with van der Waals surface area (Å²) in [5.74, 6) is 0. The van der Waals surface area contributed by atoms with Crippen molar-refractivity contribution in [1.82, 2.24) is 9.38 Å². The van der Waals surface area contributed by atoms with E-state index in [1.165, 1.54) is 34.1 Å². The van der Waals surface area contributed by atoms with E-state index in [9.17, 15) is 0 Å². The van der Waals surface area contributed by atoms with Crippen molar-refractivity contribution in [2.45, 2.75) is 19.3 Å². The Morgan fingerprint density at radius 2 is 2.18 bits per heavy atom. The summed E-state index contributed by atoms with van der Waals surface area (Å²) in [6, 6.07) is 6.15. The Labute approximate surface area is 104 Å². The highest BCUT2D eigenvalue weighted by molar-refractivity contribution is 6.31. The van der Waals surface area contributed by atoms with Crippen LogP contribution in [-0.2, 0) is 12.8 Å². The molecule has 4 rings (SSSR count). The second kappa shape index (κ2) is 3.23. The zero-order valence-corrected chi connectivity index (χ0v) is 10.0. The average molecular weight is 243 g/mol. The molecular weight excluding hydrogens is 232 g/mol. The van der Waals surface area contributed by atoms with E-state index < -0.39 is 0 Å².